The molecule has 0 radical (unpaired) electrons. The maximum absolute atomic E-state index is 11.5. The minimum absolute atomic E-state index is 0.263. The number of carbonyl (C=O) groups is 1. The van der Waals surface area contributed by atoms with Crippen molar-refractivity contribution in [2.45, 2.75) is 13.8 Å². The van der Waals surface area contributed by atoms with E-state index in [9.17, 15) is 9.90 Å². The molecular formula is C15H12N2O2S. The lowest BCUT2D eigenvalue weighted by molar-refractivity contribution is 0.0699. The fourth-order valence-electron chi connectivity index (χ4n) is 2.18. The molecule has 0 unspecified atom stereocenters. The fraction of sp³-hybridized carbons (Fsp3) is 0.133. The lowest BCUT2D eigenvalue weighted by Gasteiger charge is -2.07. The van der Waals surface area contributed by atoms with Crippen LogP contribution in [-0.2, 0) is 0 Å². The molecule has 0 aliphatic rings. The molecular weight excluding hydrogens is 272 g/mol. The molecule has 0 aliphatic heterocycles. The van der Waals surface area contributed by atoms with Crippen LogP contribution < -0.4 is 0 Å². The van der Waals surface area contributed by atoms with Crippen molar-refractivity contribution in [3.63, 3.8) is 0 Å². The number of fused-ring (bicyclic) bond motifs is 1. The summed E-state index contributed by atoms with van der Waals surface area (Å²) in [6, 6.07) is 7.16. The third kappa shape index (κ3) is 2.06. The molecule has 2 heterocycles. The Morgan fingerprint density at radius 1 is 1.20 bits per heavy atom. The summed E-state index contributed by atoms with van der Waals surface area (Å²) < 4.78 is 0. The van der Waals surface area contributed by atoms with Crippen LogP contribution in [-0.4, -0.2) is 21.0 Å². The maximum atomic E-state index is 11.5. The highest BCUT2D eigenvalue weighted by molar-refractivity contribution is 7.09. The van der Waals surface area contributed by atoms with Crippen molar-refractivity contribution in [2.75, 3.05) is 0 Å². The smallest absolute Gasteiger partial charge is 0.336 e. The number of pyridine rings is 1. The summed E-state index contributed by atoms with van der Waals surface area (Å²) >= 11 is 1.52. The van der Waals surface area contributed by atoms with Crippen molar-refractivity contribution < 1.29 is 9.90 Å². The van der Waals surface area contributed by atoms with Crippen molar-refractivity contribution >= 4 is 28.2 Å². The van der Waals surface area contributed by atoms with Gasteiger partial charge in [-0.2, -0.15) is 0 Å². The second-order valence-corrected chi connectivity index (χ2v) is 5.65. The zero-order chi connectivity index (χ0) is 14.3. The van der Waals surface area contributed by atoms with Crippen LogP contribution in [0.3, 0.4) is 0 Å². The lowest BCUT2D eigenvalue weighted by atomic mass is 10.0. The van der Waals surface area contributed by atoms with Gasteiger partial charge in [0.15, 0.2) is 0 Å². The molecule has 0 saturated heterocycles. The van der Waals surface area contributed by atoms with Gasteiger partial charge in [-0.05, 0) is 25.5 Å². The standard InChI is InChI=1S/C15H12N2O2S/c1-8-4-3-5-10-11(15(18)19)6-12(17-14(8)10)13-7-20-9(2)16-13/h3-7H,1-2H3,(H,18,19). The van der Waals surface area contributed by atoms with E-state index >= 15 is 0 Å². The van der Waals surface area contributed by atoms with Crippen LogP contribution >= 0.6 is 11.3 Å². The molecule has 5 heteroatoms. The summed E-state index contributed by atoms with van der Waals surface area (Å²) in [4.78, 5) is 20.4. The number of carboxylic acid groups (broad SMARTS) is 1. The van der Waals surface area contributed by atoms with Crippen LogP contribution in [0.5, 0.6) is 0 Å². The summed E-state index contributed by atoms with van der Waals surface area (Å²) in [5, 5.41) is 12.9. The third-order valence-electron chi connectivity index (χ3n) is 3.15. The number of carboxylic acids is 1. The van der Waals surface area contributed by atoms with Gasteiger partial charge in [0.2, 0.25) is 0 Å². The Kier molecular flexibility index (Phi) is 2.99. The summed E-state index contributed by atoms with van der Waals surface area (Å²) in [6.07, 6.45) is 0. The van der Waals surface area contributed by atoms with Crippen molar-refractivity contribution in [1.29, 1.82) is 0 Å². The van der Waals surface area contributed by atoms with E-state index in [1.807, 2.05) is 31.4 Å². The normalized spacial score (nSPS) is 10.9. The summed E-state index contributed by atoms with van der Waals surface area (Å²) in [5.41, 5.74) is 3.26. The summed E-state index contributed by atoms with van der Waals surface area (Å²) in [5.74, 6) is -0.948. The van der Waals surface area contributed by atoms with Crippen LogP contribution in [0, 0.1) is 13.8 Å². The number of thiazole rings is 1. The van der Waals surface area contributed by atoms with E-state index in [4.69, 9.17) is 0 Å². The van der Waals surface area contributed by atoms with Gasteiger partial charge in [-0.3, -0.25) is 0 Å². The average Bonchev–Trinajstić information content (AvgIpc) is 2.85. The van der Waals surface area contributed by atoms with Gasteiger partial charge in [0.25, 0.3) is 0 Å². The molecule has 3 rings (SSSR count). The molecule has 1 N–H and O–H groups in total. The van der Waals surface area contributed by atoms with Gasteiger partial charge in [-0.15, -0.1) is 11.3 Å². The molecule has 100 valence electrons. The van der Waals surface area contributed by atoms with Gasteiger partial charge in [-0.1, -0.05) is 18.2 Å². The van der Waals surface area contributed by atoms with Crippen molar-refractivity contribution in [2.24, 2.45) is 0 Å². The Hall–Kier alpha value is -2.27. The second-order valence-electron chi connectivity index (χ2n) is 4.58. The topological polar surface area (TPSA) is 63.1 Å². The largest absolute Gasteiger partial charge is 0.478 e. The van der Waals surface area contributed by atoms with Gasteiger partial charge in [-0.25, -0.2) is 14.8 Å². The van der Waals surface area contributed by atoms with E-state index < -0.39 is 5.97 Å². The molecule has 0 saturated carbocycles. The molecule has 0 fully saturated rings. The molecule has 0 amide bonds. The minimum Gasteiger partial charge on any atom is -0.478 e. The zero-order valence-electron chi connectivity index (χ0n) is 11.0. The van der Waals surface area contributed by atoms with Crippen molar-refractivity contribution in [3.05, 3.63) is 45.8 Å². The van der Waals surface area contributed by atoms with Crippen LogP contribution in [0.1, 0.15) is 20.9 Å². The summed E-state index contributed by atoms with van der Waals surface area (Å²) in [7, 11) is 0. The molecule has 1 aromatic carbocycles. The highest BCUT2D eigenvalue weighted by Crippen LogP contribution is 2.27. The van der Waals surface area contributed by atoms with Crippen LogP contribution in [0.2, 0.25) is 0 Å². The van der Waals surface area contributed by atoms with Gasteiger partial charge < -0.3 is 5.11 Å². The monoisotopic (exact) mass is 284 g/mol. The van der Waals surface area contributed by atoms with Crippen LogP contribution in [0.4, 0.5) is 0 Å². The Labute approximate surface area is 119 Å². The highest BCUT2D eigenvalue weighted by atomic mass is 32.1. The van der Waals surface area contributed by atoms with Gasteiger partial charge in [0.1, 0.15) is 0 Å². The third-order valence-corrected chi connectivity index (χ3v) is 3.93. The molecule has 0 atom stereocenters. The second kappa shape index (κ2) is 4.68. The van der Waals surface area contributed by atoms with E-state index in [2.05, 4.69) is 9.97 Å². The van der Waals surface area contributed by atoms with E-state index in [0.717, 1.165) is 16.3 Å². The van der Waals surface area contributed by atoms with E-state index in [1.165, 1.54) is 11.3 Å². The molecule has 4 nitrogen and oxygen atoms in total. The van der Waals surface area contributed by atoms with Gasteiger partial charge in [0, 0.05) is 10.8 Å². The van der Waals surface area contributed by atoms with E-state index in [-0.39, 0.29) is 5.56 Å². The number of aryl methyl sites for hydroxylation is 2. The maximum Gasteiger partial charge on any atom is 0.336 e. The number of nitrogens with zero attached hydrogens (tertiary/aromatic N) is 2. The SMILES string of the molecule is Cc1nc(-c2cc(C(=O)O)c3cccc(C)c3n2)cs1. The first-order valence-electron chi connectivity index (χ1n) is 6.12. The minimum atomic E-state index is -0.948. The molecule has 2 aromatic heterocycles. The number of benzene rings is 1. The summed E-state index contributed by atoms with van der Waals surface area (Å²) in [6.45, 7) is 3.84. The van der Waals surface area contributed by atoms with E-state index in [1.54, 1.807) is 12.1 Å². The lowest BCUT2D eigenvalue weighted by Crippen LogP contribution is -2.01. The van der Waals surface area contributed by atoms with E-state index in [0.29, 0.717) is 16.6 Å². The highest BCUT2D eigenvalue weighted by Gasteiger charge is 2.15. The number of hydrogen-bond donors (Lipinski definition) is 1. The molecule has 20 heavy (non-hydrogen) atoms. The quantitative estimate of drug-likeness (QED) is 0.779. The van der Waals surface area contributed by atoms with Crippen molar-refractivity contribution in [1.82, 2.24) is 9.97 Å². The molecule has 0 aliphatic carbocycles. The predicted octanol–water partition coefficient (Wildman–Crippen LogP) is 3.67. The number of para-hydroxylation sites is 1. The number of hydrogen-bond acceptors (Lipinski definition) is 4. The fourth-order valence-corrected chi connectivity index (χ4v) is 2.79. The molecule has 0 bridgehead atoms. The van der Waals surface area contributed by atoms with Gasteiger partial charge >= 0.3 is 5.97 Å². The Balaban J connectivity index is 2.35. The Bertz CT molecular complexity index is 824. The molecule has 3 aromatic rings. The first-order chi connectivity index (χ1) is 9.56. The first kappa shape index (κ1) is 12.7. The predicted molar refractivity (Wildman–Crippen MR) is 79.3 cm³/mol. The van der Waals surface area contributed by atoms with Crippen LogP contribution in [0.15, 0.2) is 29.6 Å². The Morgan fingerprint density at radius 3 is 2.65 bits per heavy atom. The number of aromatic nitrogens is 2. The Morgan fingerprint density at radius 2 is 2.00 bits per heavy atom. The average molecular weight is 284 g/mol. The van der Waals surface area contributed by atoms with Crippen LogP contribution in [0.25, 0.3) is 22.3 Å². The number of aromatic carboxylic acids is 1. The van der Waals surface area contributed by atoms with Gasteiger partial charge in [0.05, 0.1) is 27.5 Å². The first-order valence-corrected chi connectivity index (χ1v) is 7.00. The number of rotatable bonds is 2. The van der Waals surface area contributed by atoms with Crippen molar-refractivity contribution in [3.8, 4) is 11.4 Å². The zero-order valence-corrected chi connectivity index (χ0v) is 11.9. The molecule has 0 spiro atoms.